The van der Waals surface area contributed by atoms with Gasteiger partial charge in [0.15, 0.2) is 0 Å². The molecule has 0 spiro atoms. The van der Waals surface area contributed by atoms with Crippen LogP contribution in [0.25, 0.3) is 0 Å². The molecule has 1 saturated heterocycles. The first-order valence-electron chi connectivity index (χ1n) is 9.99. The van der Waals surface area contributed by atoms with E-state index in [1.165, 1.54) is 16.7 Å². The van der Waals surface area contributed by atoms with E-state index in [1.54, 1.807) is 37.7 Å². The Balaban J connectivity index is 1.60. The van der Waals surface area contributed by atoms with E-state index in [1.807, 2.05) is 18.2 Å². The number of aromatic nitrogens is 4. The minimum atomic E-state index is -3.74. The van der Waals surface area contributed by atoms with Gasteiger partial charge in [0.1, 0.15) is 10.7 Å². The molecule has 0 bridgehead atoms. The van der Waals surface area contributed by atoms with Crippen LogP contribution in [-0.4, -0.2) is 44.9 Å². The van der Waals surface area contributed by atoms with Crippen molar-refractivity contribution in [2.75, 3.05) is 11.9 Å². The number of carbonyl (C=O) groups is 1. The van der Waals surface area contributed by atoms with Gasteiger partial charge in [-0.1, -0.05) is 18.2 Å². The quantitative estimate of drug-likeness (QED) is 0.653. The summed E-state index contributed by atoms with van der Waals surface area (Å²) in [4.78, 5) is 21.7. The molecule has 0 saturated carbocycles. The van der Waals surface area contributed by atoms with Crippen molar-refractivity contribution in [3.8, 4) is 0 Å². The first kappa shape index (κ1) is 21.1. The van der Waals surface area contributed by atoms with Gasteiger partial charge in [-0.25, -0.2) is 18.4 Å². The van der Waals surface area contributed by atoms with Crippen LogP contribution >= 0.6 is 0 Å². The van der Waals surface area contributed by atoms with Crippen molar-refractivity contribution in [2.45, 2.75) is 37.6 Å². The lowest BCUT2D eigenvalue weighted by atomic mass is 10.2. The van der Waals surface area contributed by atoms with Crippen LogP contribution in [0, 0.1) is 13.8 Å². The second-order valence-electron chi connectivity index (χ2n) is 7.54. The van der Waals surface area contributed by atoms with Crippen molar-refractivity contribution < 1.29 is 13.2 Å². The fraction of sp³-hybridized carbons (Fsp3) is 0.333. The van der Waals surface area contributed by atoms with Crippen molar-refractivity contribution in [1.82, 2.24) is 24.1 Å². The molecular weight excluding hydrogens is 416 g/mol. The van der Waals surface area contributed by atoms with Crippen LogP contribution in [0.3, 0.4) is 0 Å². The number of rotatable bonds is 5. The molecule has 1 amide bonds. The normalized spacial score (nSPS) is 17.1. The molecule has 1 N–H and O–H groups in total. The van der Waals surface area contributed by atoms with Crippen LogP contribution in [0.15, 0.2) is 47.6 Å². The molecule has 1 fully saturated rings. The summed E-state index contributed by atoms with van der Waals surface area (Å²) in [6, 6.07) is 8.65. The summed E-state index contributed by atoms with van der Waals surface area (Å²) in [6.07, 6.45) is 4.17. The molecule has 1 aromatic carbocycles. The molecule has 2 aromatic heterocycles. The minimum Gasteiger partial charge on any atom is -0.322 e. The Kier molecular flexibility index (Phi) is 5.59. The third-order valence-electron chi connectivity index (χ3n) is 5.55. The second kappa shape index (κ2) is 8.20. The van der Waals surface area contributed by atoms with Gasteiger partial charge in [0.05, 0.1) is 29.2 Å². The van der Waals surface area contributed by atoms with Gasteiger partial charge < -0.3 is 5.32 Å². The number of anilines is 1. The number of carbonyl (C=O) groups excluding carboxylic acids is 1. The molecule has 1 aliphatic heterocycles. The highest BCUT2D eigenvalue weighted by atomic mass is 32.2. The van der Waals surface area contributed by atoms with Gasteiger partial charge in [0.2, 0.25) is 10.0 Å². The van der Waals surface area contributed by atoms with Gasteiger partial charge in [-0.05, 0) is 38.8 Å². The fourth-order valence-electron chi connectivity index (χ4n) is 3.73. The number of hydrogen-bond acceptors (Lipinski definition) is 6. The number of nitrogens with one attached hydrogen (secondary N) is 1. The van der Waals surface area contributed by atoms with E-state index in [0.717, 1.165) is 0 Å². The average molecular weight is 441 g/mol. The summed E-state index contributed by atoms with van der Waals surface area (Å²) < 4.78 is 29.5. The summed E-state index contributed by atoms with van der Waals surface area (Å²) in [5.41, 5.74) is 2.11. The molecule has 4 rings (SSSR count). The van der Waals surface area contributed by atoms with E-state index in [-0.39, 0.29) is 10.8 Å². The number of para-hydroxylation sites is 1. The minimum absolute atomic E-state index is 0.192. The van der Waals surface area contributed by atoms with Crippen LogP contribution in [0.1, 0.15) is 46.5 Å². The van der Waals surface area contributed by atoms with E-state index >= 15 is 0 Å². The van der Waals surface area contributed by atoms with Crippen LogP contribution in [0.2, 0.25) is 0 Å². The van der Waals surface area contributed by atoms with Crippen molar-refractivity contribution in [3.63, 3.8) is 0 Å². The smallest absolute Gasteiger partial charge is 0.259 e. The van der Waals surface area contributed by atoms with Crippen molar-refractivity contribution in [3.05, 3.63) is 65.5 Å². The van der Waals surface area contributed by atoms with E-state index in [0.29, 0.717) is 47.8 Å². The van der Waals surface area contributed by atoms with E-state index < -0.39 is 16.1 Å². The standard InChI is InChI=1S/C21H24N6O3S/c1-14-17(21(28)25-16-8-5-4-6-9-16)12-22-20(24-14)18-10-7-11-27(18)31(29,30)19-13-23-26(3)15(19)2/h4-6,8-9,12-13,18H,7,10-11H2,1-3H3,(H,25,28). The zero-order valence-electron chi connectivity index (χ0n) is 17.6. The van der Waals surface area contributed by atoms with Gasteiger partial charge in [-0.3, -0.25) is 9.48 Å². The zero-order valence-corrected chi connectivity index (χ0v) is 18.4. The van der Waals surface area contributed by atoms with Gasteiger partial charge >= 0.3 is 0 Å². The SMILES string of the molecule is Cc1nc(C2CCCN2S(=O)(=O)c2cnn(C)c2C)ncc1C(=O)Nc1ccccc1. The maximum Gasteiger partial charge on any atom is 0.259 e. The van der Waals surface area contributed by atoms with Crippen LogP contribution in [0.5, 0.6) is 0 Å². The summed E-state index contributed by atoms with van der Waals surface area (Å²) in [5.74, 6) is 0.0912. The lowest BCUT2D eigenvalue weighted by molar-refractivity contribution is 0.102. The topological polar surface area (TPSA) is 110 Å². The molecule has 3 aromatic rings. The summed E-state index contributed by atoms with van der Waals surface area (Å²) in [6.45, 7) is 3.84. The number of hydrogen-bond donors (Lipinski definition) is 1. The van der Waals surface area contributed by atoms with Gasteiger partial charge in [0, 0.05) is 25.5 Å². The third kappa shape index (κ3) is 3.96. The Hall–Kier alpha value is -3.11. The highest BCUT2D eigenvalue weighted by molar-refractivity contribution is 7.89. The molecular formula is C21H24N6O3S. The lowest BCUT2D eigenvalue weighted by Crippen LogP contribution is -2.32. The first-order chi connectivity index (χ1) is 14.8. The lowest BCUT2D eigenvalue weighted by Gasteiger charge is -2.23. The number of benzene rings is 1. The van der Waals surface area contributed by atoms with Crippen molar-refractivity contribution >= 4 is 21.6 Å². The predicted octanol–water partition coefficient (Wildman–Crippen LogP) is 2.61. The maximum absolute atomic E-state index is 13.3. The number of amides is 1. The monoisotopic (exact) mass is 440 g/mol. The molecule has 1 aliphatic rings. The number of sulfonamides is 1. The van der Waals surface area contributed by atoms with E-state index in [9.17, 15) is 13.2 Å². The molecule has 162 valence electrons. The highest BCUT2D eigenvalue weighted by Crippen LogP contribution is 2.35. The summed E-state index contributed by atoms with van der Waals surface area (Å²) >= 11 is 0. The molecule has 0 aliphatic carbocycles. The van der Waals surface area contributed by atoms with Crippen LogP contribution in [0.4, 0.5) is 5.69 Å². The Morgan fingerprint density at radius 3 is 2.55 bits per heavy atom. The molecule has 10 heteroatoms. The molecule has 3 heterocycles. The Labute approximate surface area is 181 Å². The molecule has 0 radical (unpaired) electrons. The molecule has 1 unspecified atom stereocenters. The summed E-state index contributed by atoms with van der Waals surface area (Å²) in [5, 5.41) is 6.88. The first-order valence-corrected chi connectivity index (χ1v) is 11.4. The maximum atomic E-state index is 13.3. The van der Waals surface area contributed by atoms with Crippen molar-refractivity contribution in [1.29, 1.82) is 0 Å². The molecule has 1 atom stereocenters. The van der Waals surface area contributed by atoms with Gasteiger partial charge in [0.25, 0.3) is 5.91 Å². The van der Waals surface area contributed by atoms with E-state index in [2.05, 4.69) is 20.4 Å². The fourth-order valence-corrected chi connectivity index (χ4v) is 5.58. The molecule has 31 heavy (non-hydrogen) atoms. The summed E-state index contributed by atoms with van der Waals surface area (Å²) in [7, 11) is -2.03. The third-order valence-corrected chi connectivity index (χ3v) is 7.56. The van der Waals surface area contributed by atoms with Crippen molar-refractivity contribution in [2.24, 2.45) is 7.05 Å². The highest BCUT2D eigenvalue weighted by Gasteiger charge is 2.39. The van der Waals surface area contributed by atoms with Crippen LogP contribution < -0.4 is 5.32 Å². The Morgan fingerprint density at radius 1 is 1.16 bits per heavy atom. The van der Waals surface area contributed by atoms with Gasteiger partial charge in [-0.15, -0.1) is 0 Å². The average Bonchev–Trinajstić information content (AvgIpc) is 3.37. The Morgan fingerprint density at radius 2 is 1.90 bits per heavy atom. The second-order valence-corrected chi connectivity index (χ2v) is 9.40. The number of aryl methyl sites for hydroxylation is 2. The largest absolute Gasteiger partial charge is 0.322 e. The van der Waals surface area contributed by atoms with Crippen LogP contribution in [-0.2, 0) is 17.1 Å². The Bertz CT molecular complexity index is 1220. The van der Waals surface area contributed by atoms with Gasteiger partial charge in [-0.2, -0.15) is 9.40 Å². The number of nitrogens with zero attached hydrogens (tertiary/aromatic N) is 5. The predicted molar refractivity (Wildman–Crippen MR) is 115 cm³/mol. The van der Waals surface area contributed by atoms with E-state index in [4.69, 9.17) is 0 Å². The molecule has 9 nitrogen and oxygen atoms in total. The zero-order chi connectivity index (χ0) is 22.2.